The number of hydrogen-bond acceptors (Lipinski definition) is 3. The molecule has 0 bridgehead atoms. The third-order valence-corrected chi connectivity index (χ3v) is 2.62. The van der Waals surface area contributed by atoms with E-state index in [1.807, 2.05) is 0 Å². The number of carbonyl (C=O) groups excluding carboxylic acids is 1. The van der Waals surface area contributed by atoms with Crippen molar-refractivity contribution in [3.63, 3.8) is 0 Å². The fourth-order valence-electron chi connectivity index (χ4n) is 1.48. The zero-order chi connectivity index (χ0) is 14.7. The first-order valence-electron chi connectivity index (χ1n) is 5.44. The number of aromatic nitrogens is 1. The van der Waals surface area contributed by atoms with Gasteiger partial charge in [0.1, 0.15) is 11.6 Å². The number of halogens is 2. The van der Waals surface area contributed by atoms with Crippen LogP contribution in [0.2, 0.25) is 5.02 Å². The highest BCUT2D eigenvalue weighted by molar-refractivity contribution is 6.31. The Bertz CT molecular complexity index is 691. The summed E-state index contributed by atoms with van der Waals surface area (Å²) in [6, 6.07) is 7.65. The highest BCUT2D eigenvalue weighted by Crippen LogP contribution is 2.16. The molecule has 0 saturated heterocycles. The fraction of sp³-hybridized carbons (Fsp3) is 0. The molecule has 2 rings (SSSR count). The number of carboxylic acids is 1. The summed E-state index contributed by atoms with van der Waals surface area (Å²) in [6.45, 7) is 0. The lowest BCUT2D eigenvalue weighted by molar-refractivity contribution is 0.0690. The van der Waals surface area contributed by atoms with E-state index >= 15 is 0 Å². The standard InChI is InChI=1S/C13H8ClFN2O3/c14-7-4-5-9(15)8(6-7)12(18)17-11-3-1-2-10(16-11)13(19)20/h1-6H,(H,19,20)(H,16,17,18). The Labute approximate surface area is 118 Å². The molecule has 102 valence electrons. The average molecular weight is 295 g/mol. The second-order valence-electron chi connectivity index (χ2n) is 3.79. The highest BCUT2D eigenvalue weighted by Gasteiger charge is 2.14. The molecule has 1 aromatic heterocycles. The zero-order valence-electron chi connectivity index (χ0n) is 9.93. The molecule has 0 spiro atoms. The number of benzene rings is 1. The first-order chi connectivity index (χ1) is 9.47. The van der Waals surface area contributed by atoms with Crippen LogP contribution in [-0.2, 0) is 0 Å². The van der Waals surface area contributed by atoms with Gasteiger partial charge in [-0.25, -0.2) is 14.2 Å². The number of aromatic carboxylic acids is 1. The largest absolute Gasteiger partial charge is 0.477 e. The Morgan fingerprint density at radius 1 is 1.25 bits per heavy atom. The Kier molecular flexibility index (Phi) is 3.95. The topological polar surface area (TPSA) is 79.3 Å². The van der Waals surface area contributed by atoms with Crippen molar-refractivity contribution in [1.82, 2.24) is 4.98 Å². The van der Waals surface area contributed by atoms with Crippen molar-refractivity contribution < 1.29 is 19.1 Å². The lowest BCUT2D eigenvalue weighted by Gasteiger charge is -2.06. The molecule has 2 N–H and O–H groups in total. The molecule has 5 nitrogen and oxygen atoms in total. The third kappa shape index (κ3) is 3.10. The van der Waals surface area contributed by atoms with Crippen molar-refractivity contribution in [3.8, 4) is 0 Å². The molecule has 0 aliphatic heterocycles. The monoisotopic (exact) mass is 294 g/mol. The van der Waals surface area contributed by atoms with Gasteiger partial charge in [0.2, 0.25) is 0 Å². The predicted octanol–water partition coefficient (Wildman–Crippen LogP) is 2.82. The summed E-state index contributed by atoms with van der Waals surface area (Å²) in [4.78, 5) is 26.3. The van der Waals surface area contributed by atoms with Gasteiger partial charge in [-0.3, -0.25) is 4.79 Å². The summed E-state index contributed by atoms with van der Waals surface area (Å²) < 4.78 is 13.5. The van der Waals surface area contributed by atoms with Crippen LogP contribution >= 0.6 is 11.6 Å². The van der Waals surface area contributed by atoms with Gasteiger partial charge in [-0.05, 0) is 30.3 Å². The number of nitrogens with one attached hydrogen (secondary N) is 1. The van der Waals surface area contributed by atoms with Crippen LogP contribution in [0.1, 0.15) is 20.8 Å². The van der Waals surface area contributed by atoms with Crippen LogP contribution in [0, 0.1) is 5.82 Å². The van der Waals surface area contributed by atoms with E-state index in [9.17, 15) is 14.0 Å². The second kappa shape index (κ2) is 5.66. The molecule has 0 unspecified atom stereocenters. The van der Waals surface area contributed by atoms with Crippen molar-refractivity contribution in [2.45, 2.75) is 0 Å². The smallest absolute Gasteiger partial charge is 0.354 e. The Morgan fingerprint density at radius 3 is 2.70 bits per heavy atom. The number of carbonyl (C=O) groups is 2. The quantitative estimate of drug-likeness (QED) is 0.912. The van der Waals surface area contributed by atoms with Crippen LogP contribution in [0.3, 0.4) is 0 Å². The van der Waals surface area contributed by atoms with Crippen LogP contribution in [0.4, 0.5) is 10.2 Å². The van der Waals surface area contributed by atoms with Crippen LogP contribution in [0.25, 0.3) is 0 Å². The Balaban J connectivity index is 2.25. The van der Waals surface area contributed by atoms with E-state index in [0.29, 0.717) is 0 Å². The van der Waals surface area contributed by atoms with Crippen molar-refractivity contribution in [2.75, 3.05) is 5.32 Å². The number of rotatable bonds is 3. The van der Waals surface area contributed by atoms with Gasteiger partial charge < -0.3 is 10.4 Å². The molecule has 0 aliphatic rings. The summed E-state index contributed by atoms with van der Waals surface area (Å²) in [5, 5.41) is 11.3. The number of anilines is 1. The van der Waals surface area contributed by atoms with Gasteiger partial charge in [0, 0.05) is 5.02 Å². The van der Waals surface area contributed by atoms with E-state index in [0.717, 1.165) is 6.07 Å². The maximum absolute atomic E-state index is 13.5. The van der Waals surface area contributed by atoms with Crippen LogP contribution in [-0.4, -0.2) is 22.0 Å². The summed E-state index contributed by atoms with van der Waals surface area (Å²) in [5.41, 5.74) is -0.477. The molecule has 7 heteroatoms. The van der Waals surface area contributed by atoms with Crippen molar-refractivity contribution in [3.05, 3.63) is 58.5 Å². The molecule has 0 aliphatic carbocycles. The van der Waals surface area contributed by atoms with E-state index in [2.05, 4.69) is 10.3 Å². The molecule has 20 heavy (non-hydrogen) atoms. The van der Waals surface area contributed by atoms with Gasteiger partial charge in [-0.1, -0.05) is 17.7 Å². The van der Waals surface area contributed by atoms with E-state index in [4.69, 9.17) is 16.7 Å². The van der Waals surface area contributed by atoms with Gasteiger partial charge in [0.05, 0.1) is 5.56 Å². The molecule has 0 atom stereocenters. The number of amides is 1. The number of carboxylic acid groups (broad SMARTS) is 1. The van der Waals surface area contributed by atoms with E-state index in [-0.39, 0.29) is 22.1 Å². The number of hydrogen-bond donors (Lipinski definition) is 2. The normalized spacial score (nSPS) is 10.1. The van der Waals surface area contributed by atoms with Crippen LogP contribution in [0.5, 0.6) is 0 Å². The minimum atomic E-state index is -1.23. The van der Waals surface area contributed by atoms with E-state index in [1.54, 1.807) is 0 Å². The van der Waals surface area contributed by atoms with Gasteiger partial charge in [0.25, 0.3) is 5.91 Å². The molecule has 1 aromatic carbocycles. The average Bonchev–Trinajstić information content (AvgIpc) is 2.41. The highest BCUT2D eigenvalue weighted by atomic mass is 35.5. The Hall–Kier alpha value is -2.47. The third-order valence-electron chi connectivity index (χ3n) is 2.38. The molecule has 0 radical (unpaired) electrons. The van der Waals surface area contributed by atoms with Crippen LogP contribution < -0.4 is 5.32 Å². The molecule has 0 saturated carbocycles. The summed E-state index contributed by atoms with van der Waals surface area (Å²) in [5.74, 6) is -2.72. The molecule has 2 aromatic rings. The molecular formula is C13H8ClFN2O3. The number of pyridine rings is 1. The SMILES string of the molecule is O=C(O)c1cccc(NC(=O)c2cc(Cl)ccc2F)n1. The lowest BCUT2D eigenvalue weighted by Crippen LogP contribution is -2.15. The van der Waals surface area contributed by atoms with E-state index < -0.39 is 17.7 Å². The van der Waals surface area contributed by atoms with Gasteiger partial charge >= 0.3 is 5.97 Å². The van der Waals surface area contributed by atoms with Crippen molar-refractivity contribution in [2.24, 2.45) is 0 Å². The zero-order valence-corrected chi connectivity index (χ0v) is 10.7. The molecule has 0 fully saturated rings. The lowest BCUT2D eigenvalue weighted by atomic mass is 10.2. The molecule has 1 heterocycles. The maximum atomic E-state index is 13.5. The van der Waals surface area contributed by atoms with E-state index in [1.165, 1.54) is 30.3 Å². The second-order valence-corrected chi connectivity index (χ2v) is 4.23. The maximum Gasteiger partial charge on any atom is 0.354 e. The summed E-state index contributed by atoms with van der Waals surface area (Å²) in [6.07, 6.45) is 0. The Morgan fingerprint density at radius 2 is 2.00 bits per heavy atom. The summed E-state index contributed by atoms with van der Waals surface area (Å²) in [7, 11) is 0. The van der Waals surface area contributed by atoms with Crippen molar-refractivity contribution in [1.29, 1.82) is 0 Å². The van der Waals surface area contributed by atoms with Gasteiger partial charge in [-0.15, -0.1) is 0 Å². The minimum absolute atomic E-state index is 0.00859. The summed E-state index contributed by atoms with van der Waals surface area (Å²) >= 11 is 5.69. The van der Waals surface area contributed by atoms with Crippen molar-refractivity contribution >= 4 is 29.3 Å². The fourth-order valence-corrected chi connectivity index (χ4v) is 1.65. The first kappa shape index (κ1) is 14.0. The van der Waals surface area contributed by atoms with Gasteiger partial charge in [0.15, 0.2) is 5.69 Å². The van der Waals surface area contributed by atoms with Gasteiger partial charge in [-0.2, -0.15) is 0 Å². The first-order valence-corrected chi connectivity index (χ1v) is 5.82. The minimum Gasteiger partial charge on any atom is -0.477 e. The molecular weight excluding hydrogens is 287 g/mol. The predicted molar refractivity (Wildman–Crippen MR) is 70.6 cm³/mol. The molecule has 1 amide bonds. The number of nitrogens with zero attached hydrogens (tertiary/aromatic N) is 1. The van der Waals surface area contributed by atoms with Crippen LogP contribution in [0.15, 0.2) is 36.4 Å².